The van der Waals surface area contributed by atoms with Gasteiger partial charge in [-0.25, -0.2) is 4.68 Å². The summed E-state index contributed by atoms with van der Waals surface area (Å²) in [6, 6.07) is 15.1. The van der Waals surface area contributed by atoms with E-state index in [1.807, 2.05) is 36.4 Å². The molecule has 2 heterocycles. The molecule has 0 N–H and O–H groups in total. The Hall–Kier alpha value is -2.07. The fraction of sp³-hybridized carbons (Fsp3) is 0. The molecule has 2 aromatic heterocycles. The maximum atomic E-state index is 6.38. The summed E-state index contributed by atoms with van der Waals surface area (Å²) >= 11 is 18.8. The molecule has 4 rings (SSSR count). The third-order valence-electron chi connectivity index (χ3n) is 3.72. The number of fused-ring (bicyclic) bond motifs is 1. The number of hydrogen-bond acceptors (Lipinski definition) is 2. The van der Waals surface area contributed by atoms with Crippen molar-refractivity contribution >= 4 is 45.7 Å². The Morgan fingerprint density at radius 1 is 0.875 bits per heavy atom. The van der Waals surface area contributed by atoms with Crippen LogP contribution in [0.25, 0.3) is 27.8 Å². The molecule has 0 aliphatic carbocycles. The van der Waals surface area contributed by atoms with Gasteiger partial charge in [-0.05, 0) is 30.3 Å². The number of aromatic nitrogens is 3. The molecule has 3 nitrogen and oxygen atoms in total. The molecule has 0 saturated heterocycles. The average Bonchev–Trinajstić information content (AvgIpc) is 2.94. The number of hydrogen-bond donors (Lipinski definition) is 0. The van der Waals surface area contributed by atoms with Crippen LogP contribution in [0.15, 0.2) is 60.9 Å². The Balaban J connectivity index is 2.05. The summed E-state index contributed by atoms with van der Waals surface area (Å²) in [5.41, 5.74) is 3.26. The van der Waals surface area contributed by atoms with E-state index in [-0.39, 0.29) is 0 Å². The quantitative estimate of drug-likeness (QED) is 0.428. The number of pyridine rings is 1. The van der Waals surface area contributed by atoms with Crippen LogP contribution >= 0.6 is 34.8 Å². The van der Waals surface area contributed by atoms with Crippen molar-refractivity contribution in [3.05, 3.63) is 76.0 Å². The predicted molar refractivity (Wildman–Crippen MR) is 99.3 cm³/mol. The van der Waals surface area contributed by atoms with E-state index in [2.05, 4.69) is 4.98 Å². The molecule has 0 aliphatic rings. The highest BCUT2D eigenvalue weighted by molar-refractivity contribution is 6.40. The second kappa shape index (κ2) is 6.10. The Kier molecular flexibility index (Phi) is 3.93. The van der Waals surface area contributed by atoms with Crippen LogP contribution in [0.4, 0.5) is 0 Å². The second-order valence-electron chi connectivity index (χ2n) is 5.24. The molecule has 118 valence electrons. The van der Waals surface area contributed by atoms with Gasteiger partial charge >= 0.3 is 0 Å². The number of para-hydroxylation sites is 1. The topological polar surface area (TPSA) is 30.7 Å². The lowest BCUT2D eigenvalue weighted by Crippen LogP contribution is -1.99. The van der Waals surface area contributed by atoms with E-state index in [4.69, 9.17) is 39.9 Å². The van der Waals surface area contributed by atoms with Gasteiger partial charge in [-0.3, -0.25) is 4.98 Å². The van der Waals surface area contributed by atoms with Gasteiger partial charge in [0.2, 0.25) is 0 Å². The molecule has 0 atom stereocenters. The van der Waals surface area contributed by atoms with Crippen molar-refractivity contribution < 1.29 is 0 Å². The monoisotopic (exact) mass is 373 g/mol. The first-order chi connectivity index (χ1) is 11.6. The van der Waals surface area contributed by atoms with E-state index in [1.165, 1.54) is 0 Å². The van der Waals surface area contributed by atoms with E-state index in [0.717, 1.165) is 22.2 Å². The minimum Gasteiger partial charge on any atom is -0.264 e. The number of benzene rings is 2. The SMILES string of the molecule is Clc1cc(Cl)c(-n2nc(-c3cccnc3)c3ccccc32)c(Cl)c1. The first-order valence-corrected chi connectivity index (χ1v) is 8.31. The van der Waals surface area contributed by atoms with Crippen molar-refractivity contribution in [1.29, 1.82) is 0 Å². The Morgan fingerprint density at radius 3 is 2.33 bits per heavy atom. The summed E-state index contributed by atoms with van der Waals surface area (Å²) in [7, 11) is 0. The number of rotatable bonds is 2. The second-order valence-corrected chi connectivity index (χ2v) is 6.49. The zero-order valence-corrected chi connectivity index (χ0v) is 14.5. The smallest absolute Gasteiger partial charge is 0.103 e. The molecule has 0 saturated carbocycles. The summed E-state index contributed by atoms with van der Waals surface area (Å²) in [6.45, 7) is 0. The van der Waals surface area contributed by atoms with Crippen LogP contribution < -0.4 is 0 Å². The van der Waals surface area contributed by atoms with Crippen molar-refractivity contribution in [3.8, 4) is 16.9 Å². The lowest BCUT2D eigenvalue weighted by atomic mass is 10.1. The first kappa shape index (κ1) is 15.5. The molecule has 0 aliphatic heterocycles. The summed E-state index contributed by atoms with van der Waals surface area (Å²) in [5, 5.41) is 7.11. The third-order valence-corrected chi connectivity index (χ3v) is 4.51. The summed E-state index contributed by atoms with van der Waals surface area (Å²) in [6.07, 6.45) is 3.51. The zero-order chi connectivity index (χ0) is 16.7. The molecule has 6 heteroatoms. The molecule has 2 aromatic carbocycles. The van der Waals surface area contributed by atoms with Gasteiger partial charge in [0.25, 0.3) is 0 Å². The molecule has 0 bridgehead atoms. The van der Waals surface area contributed by atoms with Crippen LogP contribution in [0.5, 0.6) is 0 Å². The van der Waals surface area contributed by atoms with E-state index >= 15 is 0 Å². The Bertz CT molecular complexity index is 1020. The largest absolute Gasteiger partial charge is 0.264 e. The van der Waals surface area contributed by atoms with Crippen LogP contribution in [0, 0.1) is 0 Å². The average molecular weight is 375 g/mol. The van der Waals surface area contributed by atoms with Gasteiger partial charge in [-0.2, -0.15) is 5.10 Å². The molecule has 0 amide bonds. The third kappa shape index (κ3) is 2.55. The van der Waals surface area contributed by atoms with Crippen molar-refractivity contribution in [1.82, 2.24) is 14.8 Å². The maximum absolute atomic E-state index is 6.38. The van der Waals surface area contributed by atoms with Crippen molar-refractivity contribution in [2.75, 3.05) is 0 Å². The number of nitrogens with zero attached hydrogens (tertiary/aromatic N) is 3. The van der Waals surface area contributed by atoms with Gasteiger partial charge in [0.1, 0.15) is 11.4 Å². The number of halogens is 3. The van der Waals surface area contributed by atoms with Crippen LogP contribution in [0.1, 0.15) is 0 Å². The van der Waals surface area contributed by atoms with Crippen LogP contribution in [-0.2, 0) is 0 Å². The fourth-order valence-electron chi connectivity index (χ4n) is 2.69. The van der Waals surface area contributed by atoms with Crippen LogP contribution in [0.3, 0.4) is 0 Å². The van der Waals surface area contributed by atoms with Gasteiger partial charge in [-0.1, -0.05) is 53.0 Å². The molecule has 0 unspecified atom stereocenters. The van der Waals surface area contributed by atoms with Gasteiger partial charge in [0.15, 0.2) is 0 Å². The van der Waals surface area contributed by atoms with E-state index in [9.17, 15) is 0 Å². The summed E-state index contributed by atoms with van der Waals surface area (Å²) in [4.78, 5) is 4.18. The normalized spacial score (nSPS) is 11.1. The molecule has 0 fully saturated rings. The highest BCUT2D eigenvalue weighted by Gasteiger charge is 2.17. The zero-order valence-electron chi connectivity index (χ0n) is 12.2. The van der Waals surface area contributed by atoms with E-state index in [1.54, 1.807) is 29.2 Å². The first-order valence-electron chi connectivity index (χ1n) is 7.18. The highest BCUT2D eigenvalue weighted by atomic mass is 35.5. The van der Waals surface area contributed by atoms with Crippen LogP contribution in [0.2, 0.25) is 15.1 Å². The standard InChI is InChI=1S/C18H10Cl3N3/c19-12-8-14(20)18(15(21)9-12)24-16-6-2-1-5-13(16)17(23-24)11-4-3-7-22-10-11/h1-10H. The molecular weight excluding hydrogens is 365 g/mol. The highest BCUT2D eigenvalue weighted by Crippen LogP contribution is 2.36. The fourth-order valence-corrected chi connectivity index (χ4v) is 3.67. The van der Waals surface area contributed by atoms with Crippen molar-refractivity contribution in [3.63, 3.8) is 0 Å². The van der Waals surface area contributed by atoms with Crippen molar-refractivity contribution in [2.45, 2.75) is 0 Å². The van der Waals surface area contributed by atoms with E-state index < -0.39 is 0 Å². The van der Waals surface area contributed by atoms with Crippen molar-refractivity contribution in [2.24, 2.45) is 0 Å². The lowest BCUT2D eigenvalue weighted by Gasteiger charge is -2.09. The molecule has 4 aromatic rings. The molecular formula is C18H10Cl3N3. The van der Waals surface area contributed by atoms with Gasteiger partial charge in [0.05, 0.1) is 15.6 Å². The Morgan fingerprint density at radius 2 is 1.62 bits per heavy atom. The predicted octanol–water partition coefficient (Wildman–Crippen LogP) is 6.05. The molecule has 0 radical (unpaired) electrons. The maximum Gasteiger partial charge on any atom is 0.103 e. The molecule has 0 spiro atoms. The minimum atomic E-state index is 0.443. The van der Waals surface area contributed by atoms with Gasteiger partial charge in [0, 0.05) is 28.4 Å². The van der Waals surface area contributed by atoms with Gasteiger partial charge < -0.3 is 0 Å². The lowest BCUT2D eigenvalue weighted by molar-refractivity contribution is 0.915. The summed E-state index contributed by atoms with van der Waals surface area (Å²) in [5.74, 6) is 0. The summed E-state index contributed by atoms with van der Waals surface area (Å²) < 4.78 is 1.75. The van der Waals surface area contributed by atoms with E-state index in [0.29, 0.717) is 20.8 Å². The minimum absolute atomic E-state index is 0.443. The Labute approximate surface area is 153 Å². The molecule has 24 heavy (non-hydrogen) atoms. The van der Waals surface area contributed by atoms with Gasteiger partial charge in [-0.15, -0.1) is 0 Å². The van der Waals surface area contributed by atoms with Crippen LogP contribution in [-0.4, -0.2) is 14.8 Å².